The van der Waals surface area contributed by atoms with Crippen molar-refractivity contribution in [1.29, 1.82) is 0 Å². The quantitative estimate of drug-likeness (QED) is 0.508. The van der Waals surface area contributed by atoms with E-state index in [0.717, 1.165) is 11.1 Å². The van der Waals surface area contributed by atoms with Crippen LogP contribution in [0, 0.1) is 10.1 Å². The molecule has 2 rings (SSSR count). The highest BCUT2D eigenvalue weighted by Gasteiger charge is 2.03. The van der Waals surface area contributed by atoms with Crippen LogP contribution in [-0.4, -0.2) is 10.0 Å². The molecule has 0 spiro atoms. The Kier molecular flexibility index (Phi) is 3.38. The molecule has 0 amide bonds. The number of aromatic hydroxyl groups is 1. The van der Waals surface area contributed by atoms with Gasteiger partial charge in [0.2, 0.25) is 0 Å². The number of rotatable bonds is 3. The standard InChI is InChI=1S/C14H11NO3/c16-14-8-6-11(7-9-14)4-5-12-2-1-3-13(10-12)15(17)18/h1-10,16H/b5-4+. The molecule has 0 fully saturated rings. The van der Waals surface area contributed by atoms with Crippen LogP contribution in [0.1, 0.15) is 11.1 Å². The van der Waals surface area contributed by atoms with E-state index in [1.54, 1.807) is 42.5 Å². The molecule has 0 aromatic heterocycles. The van der Waals surface area contributed by atoms with E-state index < -0.39 is 4.92 Å². The third-order valence-corrected chi connectivity index (χ3v) is 2.44. The minimum atomic E-state index is -0.419. The summed E-state index contributed by atoms with van der Waals surface area (Å²) in [6.07, 6.45) is 3.62. The van der Waals surface area contributed by atoms with Crippen molar-refractivity contribution in [3.8, 4) is 5.75 Å². The lowest BCUT2D eigenvalue weighted by molar-refractivity contribution is -0.384. The zero-order valence-electron chi connectivity index (χ0n) is 9.48. The van der Waals surface area contributed by atoms with Gasteiger partial charge in [0.05, 0.1) is 4.92 Å². The Hall–Kier alpha value is -2.62. The van der Waals surface area contributed by atoms with Gasteiger partial charge >= 0.3 is 0 Å². The normalized spacial score (nSPS) is 10.7. The van der Waals surface area contributed by atoms with Gasteiger partial charge in [-0.1, -0.05) is 36.4 Å². The first-order chi connectivity index (χ1) is 8.65. The molecule has 0 bridgehead atoms. The van der Waals surface area contributed by atoms with Crippen molar-refractivity contribution in [2.24, 2.45) is 0 Å². The highest BCUT2D eigenvalue weighted by molar-refractivity contribution is 5.70. The van der Waals surface area contributed by atoms with Crippen molar-refractivity contribution in [3.05, 3.63) is 69.8 Å². The summed E-state index contributed by atoms with van der Waals surface area (Å²) in [6.45, 7) is 0. The lowest BCUT2D eigenvalue weighted by atomic mass is 10.1. The van der Waals surface area contributed by atoms with Crippen molar-refractivity contribution in [2.75, 3.05) is 0 Å². The second-order valence-electron chi connectivity index (χ2n) is 3.78. The van der Waals surface area contributed by atoms with Crippen molar-refractivity contribution in [2.45, 2.75) is 0 Å². The highest BCUT2D eigenvalue weighted by atomic mass is 16.6. The molecule has 90 valence electrons. The Morgan fingerprint density at radius 3 is 2.33 bits per heavy atom. The van der Waals surface area contributed by atoms with Gasteiger partial charge in [-0.3, -0.25) is 10.1 Å². The van der Waals surface area contributed by atoms with Gasteiger partial charge in [0, 0.05) is 12.1 Å². The van der Waals surface area contributed by atoms with Gasteiger partial charge in [0.1, 0.15) is 5.75 Å². The van der Waals surface area contributed by atoms with Crippen LogP contribution in [-0.2, 0) is 0 Å². The average Bonchev–Trinajstić information content (AvgIpc) is 2.38. The van der Waals surface area contributed by atoms with Crippen LogP contribution in [0.5, 0.6) is 5.75 Å². The van der Waals surface area contributed by atoms with E-state index in [4.69, 9.17) is 5.11 Å². The lowest BCUT2D eigenvalue weighted by Crippen LogP contribution is -1.87. The van der Waals surface area contributed by atoms with Crippen molar-refractivity contribution in [1.82, 2.24) is 0 Å². The van der Waals surface area contributed by atoms with E-state index in [0.29, 0.717) is 0 Å². The lowest BCUT2D eigenvalue weighted by Gasteiger charge is -1.96. The number of hydrogen-bond acceptors (Lipinski definition) is 3. The summed E-state index contributed by atoms with van der Waals surface area (Å²) in [5.74, 6) is 0.211. The fraction of sp³-hybridized carbons (Fsp3) is 0. The summed E-state index contributed by atoms with van der Waals surface area (Å²) >= 11 is 0. The Morgan fingerprint density at radius 2 is 1.67 bits per heavy atom. The molecule has 0 aliphatic carbocycles. The minimum Gasteiger partial charge on any atom is -0.508 e. The first-order valence-corrected chi connectivity index (χ1v) is 5.37. The Labute approximate surface area is 104 Å². The van der Waals surface area contributed by atoms with Gasteiger partial charge in [-0.2, -0.15) is 0 Å². The maximum Gasteiger partial charge on any atom is 0.270 e. The maximum atomic E-state index is 10.6. The van der Waals surface area contributed by atoms with Crippen LogP contribution in [0.3, 0.4) is 0 Å². The fourth-order valence-corrected chi connectivity index (χ4v) is 1.52. The number of non-ortho nitro benzene ring substituents is 1. The smallest absolute Gasteiger partial charge is 0.270 e. The largest absolute Gasteiger partial charge is 0.508 e. The average molecular weight is 241 g/mol. The van der Waals surface area contributed by atoms with E-state index in [9.17, 15) is 10.1 Å². The van der Waals surface area contributed by atoms with Crippen LogP contribution in [0.15, 0.2) is 48.5 Å². The first kappa shape index (κ1) is 11.9. The summed E-state index contributed by atoms with van der Waals surface area (Å²) in [4.78, 5) is 10.2. The van der Waals surface area contributed by atoms with Gasteiger partial charge in [-0.15, -0.1) is 0 Å². The number of nitro benzene ring substituents is 1. The monoisotopic (exact) mass is 241 g/mol. The zero-order valence-corrected chi connectivity index (χ0v) is 9.48. The number of hydrogen-bond donors (Lipinski definition) is 1. The predicted octanol–water partition coefficient (Wildman–Crippen LogP) is 3.47. The third kappa shape index (κ3) is 2.95. The first-order valence-electron chi connectivity index (χ1n) is 5.37. The summed E-state index contributed by atoms with van der Waals surface area (Å²) < 4.78 is 0. The van der Waals surface area contributed by atoms with Crippen LogP contribution in [0.25, 0.3) is 12.2 Å². The molecule has 0 saturated carbocycles. The second-order valence-corrected chi connectivity index (χ2v) is 3.78. The van der Waals surface area contributed by atoms with Crippen LogP contribution >= 0.6 is 0 Å². The number of nitro groups is 1. The minimum absolute atomic E-state index is 0.0721. The van der Waals surface area contributed by atoms with Gasteiger partial charge in [-0.05, 0) is 23.3 Å². The molecule has 0 unspecified atom stereocenters. The Bertz CT molecular complexity index is 588. The van der Waals surface area contributed by atoms with Crippen molar-refractivity contribution < 1.29 is 10.0 Å². The molecule has 0 radical (unpaired) electrons. The molecule has 4 heteroatoms. The van der Waals surface area contributed by atoms with E-state index >= 15 is 0 Å². The van der Waals surface area contributed by atoms with E-state index in [-0.39, 0.29) is 11.4 Å². The van der Waals surface area contributed by atoms with E-state index in [1.165, 1.54) is 12.1 Å². The van der Waals surface area contributed by atoms with E-state index in [1.807, 2.05) is 6.08 Å². The number of benzene rings is 2. The highest BCUT2D eigenvalue weighted by Crippen LogP contribution is 2.16. The van der Waals surface area contributed by atoms with Gasteiger partial charge in [0.25, 0.3) is 5.69 Å². The van der Waals surface area contributed by atoms with Crippen LogP contribution in [0.4, 0.5) is 5.69 Å². The van der Waals surface area contributed by atoms with Crippen LogP contribution in [0.2, 0.25) is 0 Å². The van der Waals surface area contributed by atoms with Crippen LogP contribution < -0.4 is 0 Å². The molecular weight excluding hydrogens is 230 g/mol. The molecule has 0 atom stereocenters. The summed E-state index contributed by atoms with van der Waals surface area (Å²) in [5, 5.41) is 19.8. The maximum absolute atomic E-state index is 10.6. The summed E-state index contributed by atoms with van der Waals surface area (Å²) in [5.41, 5.74) is 1.75. The molecule has 2 aromatic carbocycles. The topological polar surface area (TPSA) is 63.4 Å². The summed E-state index contributed by atoms with van der Waals surface area (Å²) in [6, 6.07) is 13.1. The molecular formula is C14H11NO3. The second kappa shape index (κ2) is 5.14. The molecule has 0 saturated heterocycles. The Morgan fingerprint density at radius 1 is 1.00 bits per heavy atom. The van der Waals surface area contributed by atoms with Crippen molar-refractivity contribution in [3.63, 3.8) is 0 Å². The third-order valence-electron chi connectivity index (χ3n) is 2.44. The van der Waals surface area contributed by atoms with Gasteiger partial charge in [0.15, 0.2) is 0 Å². The van der Waals surface area contributed by atoms with Gasteiger partial charge < -0.3 is 5.11 Å². The van der Waals surface area contributed by atoms with E-state index in [2.05, 4.69) is 0 Å². The zero-order chi connectivity index (χ0) is 13.0. The SMILES string of the molecule is O=[N+]([O-])c1cccc(/C=C/c2ccc(O)cc2)c1. The van der Waals surface area contributed by atoms with Crippen molar-refractivity contribution >= 4 is 17.8 Å². The molecule has 0 aliphatic rings. The Balaban J connectivity index is 2.20. The fourth-order valence-electron chi connectivity index (χ4n) is 1.52. The summed E-state index contributed by atoms with van der Waals surface area (Å²) in [7, 11) is 0. The molecule has 0 heterocycles. The molecule has 1 N–H and O–H groups in total. The molecule has 0 aliphatic heterocycles. The number of phenolic OH excluding ortho intramolecular Hbond substituents is 1. The molecule has 4 nitrogen and oxygen atoms in total. The predicted molar refractivity (Wildman–Crippen MR) is 70.1 cm³/mol. The van der Waals surface area contributed by atoms with Gasteiger partial charge in [-0.25, -0.2) is 0 Å². The number of phenols is 1. The number of nitrogens with zero attached hydrogens (tertiary/aromatic N) is 1. The molecule has 2 aromatic rings. The molecule has 18 heavy (non-hydrogen) atoms.